The third kappa shape index (κ3) is 2.84. The highest BCUT2D eigenvalue weighted by molar-refractivity contribution is 7.89. The molecule has 4 N–H and O–H groups in total. The lowest BCUT2D eigenvalue weighted by Gasteiger charge is -2.16. The molecule has 6 nitrogen and oxygen atoms in total. The van der Waals surface area contributed by atoms with Gasteiger partial charge in [0.25, 0.3) is 0 Å². The maximum absolute atomic E-state index is 12.4. The Morgan fingerprint density at radius 2 is 1.95 bits per heavy atom. The number of hydrogen-bond acceptors (Lipinski definition) is 4. The molecule has 2 atom stereocenters. The molecule has 1 aromatic rings. The Labute approximate surface area is 118 Å². The van der Waals surface area contributed by atoms with Crippen molar-refractivity contribution in [1.82, 2.24) is 4.31 Å². The molecule has 0 bridgehead atoms. The second-order valence-electron chi connectivity index (χ2n) is 5.11. The summed E-state index contributed by atoms with van der Waals surface area (Å²) in [6.07, 6.45) is 0.479. The minimum atomic E-state index is -3.56. The summed E-state index contributed by atoms with van der Waals surface area (Å²) >= 11 is 0. The average molecular weight is 297 g/mol. The van der Waals surface area contributed by atoms with Gasteiger partial charge in [0.1, 0.15) is 0 Å². The van der Waals surface area contributed by atoms with Crippen molar-refractivity contribution in [3.05, 3.63) is 29.8 Å². The molecule has 2 rings (SSSR count). The van der Waals surface area contributed by atoms with Crippen molar-refractivity contribution in [3.8, 4) is 0 Å². The number of nitrogens with zero attached hydrogens (tertiary/aromatic N) is 1. The maximum Gasteiger partial charge on any atom is 0.243 e. The number of sulfonamides is 1. The van der Waals surface area contributed by atoms with E-state index in [9.17, 15) is 13.2 Å². The van der Waals surface area contributed by atoms with E-state index < -0.39 is 21.8 Å². The molecule has 0 radical (unpaired) electrons. The molecule has 1 amide bonds. The summed E-state index contributed by atoms with van der Waals surface area (Å²) in [5.74, 6) is -0.844. The third-order valence-electron chi connectivity index (χ3n) is 3.60. The number of benzene rings is 1. The van der Waals surface area contributed by atoms with Crippen LogP contribution in [-0.2, 0) is 14.8 Å². The maximum atomic E-state index is 12.4. The highest BCUT2D eigenvalue weighted by atomic mass is 32.2. The first-order valence-electron chi connectivity index (χ1n) is 6.47. The molecule has 1 saturated heterocycles. The lowest BCUT2D eigenvalue weighted by atomic mass is 10.1. The van der Waals surface area contributed by atoms with Crippen LogP contribution >= 0.6 is 0 Å². The largest absolute Gasteiger partial charge is 0.369 e. The number of amides is 1. The van der Waals surface area contributed by atoms with E-state index in [2.05, 4.69) is 0 Å². The molecule has 1 aromatic carbocycles. The zero-order valence-electron chi connectivity index (χ0n) is 11.3. The second-order valence-corrected chi connectivity index (χ2v) is 7.05. The van der Waals surface area contributed by atoms with Crippen molar-refractivity contribution < 1.29 is 13.2 Å². The molecule has 1 aliphatic rings. The van der Waals surface area contributed by atoms with Gasteiger partial charge in [0.15, 0.2) is 0 Å². The predicted octanol–water partition coefficient (Wildman–Crippen LogP) is 0.202. The van der Waals surface area contributed by atoms with Gasteiger partial charge in [0.2, 0.25) is 15.9 Å². The van der Waals surface area contributed by atoms with Crippen LogP contribution in [0.2, 0.25) is 0 Å². The number of carbonyl (C=O) groups excluding carboxylic acids is 1. The van der Waals surface area contributed by atoms with Crippen LogP contribution in [0.5, 0.6) is 0 Å². The topological polar surface area (TPSA) is 106 Å². The van der Waals surface area contributed by atoms with Gasteiger partial charge in [-0.3, -0.25) is 4.79 Å². The van der Waals surface area contributed by atoms with Crippen molar-refractivity contribution in [2.75, 3.05) is 13.1 Å². The van der Waals surface area contributed by atoms with Crippen LogP contribution in [0.1, 0.15) is 24.9 Å². The van der Waals surface area contributed by atoms with Crippen LogP contribution < -0.4 is 11.5 Å². The molecular formula is C13H19N3O3S. The zero-order chi connectivity index (χ0) is 14.9. The van der Waals surface area contributed by atoms with Gasteiger partial charge >= 0.3 is 0 Å². The van der Waals surface area contributed by atoms with E-state index in [1.807, 2.05) is 6.92 Å². The first-order valence-corrected chi connectivity index (χ1v) is 7.91. The van der Waals surface area contributed by atoms with Crippen LogP contribution in [0, 0.1) is 5.92 Å². The van der Waals surface area contributed by atoms with Crippen LogP contribution in [0.4, 0.5) is 0 Å². The lowest BCUT2D eigenvalue weighted by Crippen LogP contribution is -2.31. The van der Waals surface area contributed by atoms with Gasteiger partial charge in [0, 0.05) is 19.1 Å². The van der Waals surface area contributed by atoms with Crippen LogP contribution in [0.25, 0.3) is 0 Å². The summed E-state index contributed by atoms with van der Waals surface area (Å²) in [5.41, 5.74) is 11.8. The van der Waals surface area contributed by atoms with Gasteiger partial charge in [-0.15, -0.1) is 0 Å². The minimum absolute atomic E-state index is 0.141. The molecule has 0 saturated carbocycles. The van der Waals surface area contributed by atoms with E-state index in [-0.39, 0.29) is 17.5 Å². The average Bonchev–Trinajstić information content (AvgIpc) is 2.89. The summed E-state index contributed by atoms with van der Waals surface area (Å²) in [7, 11) is -3.56. The first-order chi connectivity index (χ1) is 9.32. The fourth-order valence-electron chi connectivity index (χ4n) is 2.27. The molecule has 0 spiro atoms. The molecule has 20 heavy (non-hydrogen) atoms. The summed E-state index contributed by atoms with van der Waals surface area (Å²) < 4.78 is 26.2. The normalized spacial score (nSPS) is 21.8. The molecule has 1 heterocycles. The van der Waals surface area contributed by atoms with Gasteiger partial charge in [0.05, 0.1) is 10.8 Å². The van der Waals surface area contributed by atoms with Crippen molar-refractivity contribution in [3.63, 3.8) is 0 Å². The Bertz CT molecular complexity index is 596. The molecule has 0 aliphatic carbocycles. The number of rotatable bonds is 4. The van der Waals surface area contributed by atoms with E-state index in [4.69, 9.17) is 11.5 Å². The summed E-state index contributed by atoms with van der Waals surface area (Å²) in [4.78, 5) is 11.3. The van der Waals surface area contributed by atoms with Crippen molar-refractivity contribution in [1.29, 1.82) is 0 Å². The lowest BCUT2D eigenvalue weighted by molar-refractivity contribution is -0.121. The van der Waals surface area contributed by atoms with Crippen LogP contribution in [0.3, 0.4) is 0 Å². The van der Waals surface area contributed by atoms with E-state index in [0.717, 1.165) is 5.56 Å². The number of carbonyl (C=O) groups is 1. The number of hydrogen-bond donors (Lipinski definition) is 2. The number of nitrogens with two attached hydrogens (primary N) is 2. The van der Waals surface area contributed by atoms with Crippen molar-refractivity contribution in [2.45, 2.75) is 24.3 Å². The molecule has 0 aromatic heterocycles. The quantitative estimate of drug-likeness (QED) is 0.828. The van der Waals surface area contributed by atoms with Gasteiger partial charge in [-0.2, -0.15) is 4.31 Å². The Morgan fingerprint density at radius 3 is 2.40 bits per heavy atom. The predicted molar refractivity (Wildman–Crippen MR) is 75.1 cm³/mol. The fraction of sp³-hybridized carbons (Fsp3) is 0.462. The minimum Gasteiger partial charge on any atom is -0.369 e. The van der Waals surface area contributed by atoms with Gasteiger partial charge in [-0.1, -0.05) is 12.1 Å². The summed E-state index contributed by atoms with van der Waals surface area (Å²) in [5, 5.41) is 0. The van der Waals surface area contributed by atoms with E-state index in [0.29, 0.717) is 13.0 Å². The smallest absolute Gasteiger partial charge is 0.243 e. The molecule has 7 heteroatoms. The highest BCUT2D eigenvalue weighted by Gasteiger charge is 2.34. The number of primary amides is 1. The Hall–Kier alpha value is -1.44. The Balaban J connectivity index is 2.21. The highest BCUT2D eigenvalue weighted by Crippen LogP contribution is 2.25. The monoisotopic (exact) mass is 297 g/mol. The SMILES string of the molecule is CC(N)c1ccc(S(=O)(=O)N2CCC(C(N)=O)C2)cc1. The zero-order valence-corrected chi connectivity index (χ0v) is 12.1. The van der Waals surface area contributed by atoms with E-state index >= 15 is 0 Å². The second kappa shape index (κ2) is 5.51. The molecule has 110 valence electrons. The molecule has 1 aliphatic heterocycles. The first kappa shape index (κ1) is 15.0. The fourth-order valence-corrected chi connectivity index (χ4v) is 3.77. The standard InChI is InChI=1S/C13H19N3O3S/c1-9(14)10-2-4-12(5-3-10)20(18,19)16-7-6-11(8-16)13(15)17/h2-5,9,11H,6-8,14H2,1H3,(H2,15,17). The van der Waals surface area contributed by atoms with Crippen molar-refractivity contribution in [2.24, 2.45) is 17.4 Å². The summed E-state index contributed by atoms with van der Waals surface area (Å²) in [6, 6.07) is 6.37. The van der Waals surface area contributed by atoms with E-state index in [1.54, 1.807) is 24.3 Å². The summed E-state index contributed by atoms with van der Waals surface area (Å²) in [6.45, 7) is 2.32. The van der Waals surface area contributed by atoms with Gasteiger partial charge in [-0.25, -0.2) is 8.42 Å². The molecular weight excluding hydrogens is 278 g/mol. The molecule has 2 unspecified atom stereocenters. The van der Waals surface area contributed by atoms with Gasteiger partial charge in [-0.05, 0) is 31.0 Å². The van der Waals surface area contributed by atoms with Crippen LogP contribution in [0.15, 0.2) is 29.2 Å². The van der Waals surface area contributed by atoms with E-state index in [1.165, 1.54) is 4.31 Å². The van der Waals surface area contributed by atoms with Crippen LogP contribution in [-0.4, -0.2) is 31.7 Å². The van der Waals surface area contributed by atoms with Gasteiger partial charge < -0.3 is 11.5 Å². The Morgan fingerprint density at radius 1 is 1.35 bits per heavy atom. The molecule has 1 fully saturated rings. The third-order valence-corrected chi connectivity index (χ3v) is 5.48. The Kier molecular flexibility index (Phi) is 4.12. The van der Waals surface area contributed by atoms with Crippen molar-refractivity contribution >= 4 is 15.9 Å².